The zero-order chi connectivity index (χ0) is 29.5. The van der Waals surface area contributed by atoms with E-state index >= 15 is 0 Å². The molecule has 8 nitrogen and oxygen atoms in total. The first kappa shape index (κ1) is 29.0. The summed E-state index contributed by atoms with van der Waals surface area (Å²) >= 11 is 6.76. The van der Waals surface area contributed by atoms with Gasteiger partial charge in [0.05, 0.1) is 18.1 Å². The number of ether oxygens (including phenoxy) is 3. The number of carbonyl (C=O) groups is 3. The summed E-state index contributed by atoms with van der Waals surface area (Å²) in [4.78, 5) is 39.5. The van der Waals surface area contributed by atoms with E-state index in [0.29, 0.717) is 45.0 Å². The monoisotopic (exact) mass is 602 g/mol. The van der Waals surface area contributed by atoms with Crippen molar-refractivity contribution < 1.29 is 28.6 Å². The molecule has 5 rings (SSSR count). The molecule has 0 aliphatic carbocycles. The molecule has 1 fully saturated rings. The van der Waals surface area contributed by atoms with E-state index in [1.54, 1.807) is 48.5 Å². The van der Waals surface area contributed by atoms with Gasteiger partial charge in [0.25, 0.3) is 17.1 Å². The van der Waals surface area contributed by atoms with Gasteiger partial charge in [-0.05, 0) is 78.2 Å². The fraction of sp³-hybridized carbons (Fsp3) is 0.156. The number of nitrogens with zero attached hydrogens (tertiary/aromatic N) is 1. The Kier molecular flexibility index (Phi) is 9.31. The lowest BCUT2D eigenvalue weighted by Crippen LogP contribution is -2.32. The lowest BCUT2D eigenvalue weighted by molar-refractivity contribution is -0.123. The number of amides is 3. The van der Waals surface area contributed by atoms with Crippen molar-refractivity contribution in [1.82, 2.24) is 4.90 Å². The predicted molar refractivity (Wildman–Crippen MR) is 165 cm³/mol. The smallest absolute Gasteiger partial charge is 0.293 e. The van der Waals surface area contributed by atoms with Gasteiger partial charge >= 0.3 is 0 Å². The maximum atomic E-state index is 13.1. The van der Waals surface area contributed by atoms with Gasteiger partial charge in [-0.2, -0.15) is 0 Å². The van der Waals surface area contributed by atoms with Gasteiger partial charge in [-0.3, -0.25) is 19.3 Å². The molecule has 0 unspecified atom stereocenters. The zero-order valence-corrected chi connectivity index (χ0v) is 24.2. The van der Waals surface area contributed by atoms with E-state index in [1.165, 1.54) is 4.90 Å². The Labute approximate surface area is 252 Å². The number of fused-ring (bicyclic) bond motifs is 1. The van der Waals surface area contributed by atoms with Crippen LogP contribution in [-0.4, -0.2) is 48.3 Å². The minimum atomic E-state index is -0.385. The maximum Gasteiger partial charge on any atom is 0.293 e. The molecule has 10 heteroatoms. The first-order valence-electron chi connectivity index (χ1n) is 13.2. The molecule has 0 bridgehead atoms. The van der Waals surface area contributed by atoms with Crippen LogP contribution >= 0.6 is 23.4 Å². The van der Waals surface area contributed by atoms with Crippen LogP contribution < -0.4 is 19.5 Å². The van der Waals surface area contributed by atoms with E-state index in [2.05, 4.69) is 5.32 Å². The van der Waals surface area contributed by atoms with Crippen LogP contribution in [0.4, 0.5) is 10.5 Å². The van der Waals surface area contributed by atoms with Crippen molar-refractivity contribution in [3.05, 3.63) is 100 Å². The Morgan fingerprint density at radius 1 is 0.905 bits per heavy atom. The molecule has 4 aromatic rings. The van der Waals surface area contributed by atoms with Gasteiger partial charge in [0.15, 0.2) is 18.1 Å². The van der Waals surface area contributed by atoms with Crippen LogP contribution in [-0.2, 0) is 9.59 Å². The quantitative estimate of drug-likeness (QED) is 0.184. The molecule has 214 valence electrons. The predicted octanol–water partition coefficient (Wildman–Crippen LogP) is 7.02. The zero-order valence-electron chi connectivity index (χ0n) is 22.7. The molecule has 1 saturated heterocycles. The summed E-state index contributed by atoms with van der Waals surface area (Å²) in [7, 11) is 0. The molecular formula is C32H27ClN2O6S. The molecule has 0 spiro atoms. The maximum absolute atomic E-state index is 13.1. The van der Waals surface area contributed by atoms with E-state index in [4.69, 9.17) is 25.8 Å². The van der Waals surface area contributed by atoms with Gasteiger partial charge in [0.1, 0.15) is 12.4 Å². The fourth-order valence-electron chi connectivity index (χ4n) is 4.29. The second-order valence-corrected chi connectivity index (χ2v) is 10.6. The highest BCUT2D eigenvalue weighted by Crippen LogP contribution is 2.35. The van der Waals surface area contributed by atoms with Crippen LogP contribution in [0.3, 0.4) is 0 Å². The number of carbonyl (C=O) groups excluding carboxylic acids is 3. The van der Waals surface area contributed by atoms with Crippen molar-refractivity contribution in [2.24, 2.45) is 0 Å². The van der Waals surface area contributed by atoms with Gasteiger partial charge in [-0.15, -0.1) is 0 Å². The lowest BCUT2D eigenvalue weighted by atomic mass is 10.1. The summed E-state index contributed by atoms with van der Waals surface area (Å²) in [6.45, 7) is 2.26. The lowest BCUT2D eigenvalue weighted by Gasteiger charge is -2.14. The molecule has 1 aliphatic heterocycles. The molecular weight excluding hydrogens is 576 g/mol. The molecule has 4 aromatic carbocycles. The molecule has 1 N–H and O–H groups in total. The van der Waals surface area contributed by atoms with Crippen LogP contribution in [0, 0.1) is 0 Å². The number of halogens is 1. The second kappa shape index (κ2) is 13.5. The van der Waals surface area contributed by atoms with Gasteiger partial charge in [-0.1, -0.05) is 54.1 Å². The summed E-state index contributed by atoms with van der Waals surface area (Å²) in [5.41, 5.74) is 1.25. The van der Waals surface area contributed by atoms with Gasteiger partial charge < -0.3 is 19.5 Å². The number of imide groups is 1. The summed E-state index contributed by atoms with van der Waals surface area (Å²) in [5.74, 6) is 0.752. The Bertz CT molecular complexity index is 1650. The third-order valence-electron chi connectivity index (χ3n) is 6.25. The Balaban J connectivity index is 1.21. The third-order valence-corrected chi connectivity index (χ3v) is 7.41. The second-order valence-electron chi connectivity index (χ2n) is 9.14. The average molecular weight is 603 g/mol. The largest absolute Gasteiger partial charge is 0.491 e. The van der Waals surface area contributed by atoms with Gasteiger partial charge in [0.2, 0.25) is 0 Å². The molecule has 42 heavy (non-hydrogen) atoms. The number of thioether (sulfide) groups is 1. The highest BCUT2D eigenvalue weighted by atomic mass is 35.5. The van der Waals surface area contributed by atoms with Crippen LogP contribution in [0.2, 0.25) is 5.02 Å². The molecule has 0 radical (unpaired) electrons. The Morgan fingerprint density at radius 3 is 2.50 bits per heavy atom. The van der Waals surface area contributed by atoms with Gasteiger partial charge in [-0.25, -0.2) is 0 Å². The van der Waals surface area contributed by atoms with E-state index < -0.39 is 0 Å². The topological polar surface area (TPSA) is 94.2 Å². The van der Waals surface area contributed by atoms with Crippen molar-refractivity contribution >= 4 is 63.0 Å². The molecule has 0 aromatic heterocycles. The fourth-order valence-corrected chi connectivity index (χ4v) is 5.28. The highest BCUT2D eigenvalue weighted by Gasteiger charge is 2.34. The van der Waals surface area contributed by atoms with Crippen molar-refractivity contribution in [2.45, 2.75) is 6.92 Å². The van der Waals surface area contributed by atoms with Crippen molar-refractivity contribution in [1.29, 1.82) is 0 Å². The first-order valence-corrected chi connectivity index (χ1v) is 14.4. The molecule has 1 heterocycles. The minimum Gasteiger partial charge on any atom is -0.491 e. The number of nitrogens with one attached hydrogen (secondary N) is 1. The van der Waals surface area contributed by atoms with E-state index in [9.17, 15) is 14.4 Å². The average Bonchev–Trinajstić information content (AvgIpc) is 3.25. The van der Waals surface area contributed by atoms with Crippen molar-refractivity contribution in [3.8, 4) is 17.2 Å². The third kappa shape index (κ3) is 7.05. The standard InChI is InChI=1S/C32H27ClN2O6S/c1-2-39-28-18-21(10-15-27(28)41-20-30(36)34-24-13-11-23(33)12-14-24)19-29-31(37)35(32(38)42-29)16-17-40-26-9-5-7-22-6-3-4-8-25(22)26/h3-15,18-19H,2,16-17,20H2,1H3,(H,34,36)/b29-19-. The molecule has 0 saturated carbocycles. The van der Waals surface area contributed by atoms with Crippen LogP contribution in [0.5, 0.6) is 17.2 Å². The van der Waals surface area contributed by atoms with Crippen molar-refractivity contribution in [3.63, 3.8) is 0 Å². The number of hydrogen-bond donors (Lipinski definition) is 1. The van der Waals surface area contributed by atoms with Crippen LogP contribution in [0.25, 0.3) is 16.8 Å². The number of rotatable bonds is 11. The highest BCUT2D eigenvalue weighted by molar-refractivity contribution is 8.18. The van der Waals surface area contributed by atoms with E-state index in [0.717, 1.165) is 22.5 Å². The van der Waals surface area contributed by atoms with Crippen molar-refractivity contribution in [2.75, 3.05) is 31.7 Å². The number of benzene rings is 4. The SMILES string of the molecule is CCOc1cc(/C=C2\SC(=O)N(CCOc3cccc4ccccc34)C2=O)ccc1OCC(=O)Nc1ccc(Cl)cc1. The summed E-state index contributed by atoms with van der Waals surface area (Å²) in [6, 6.07) is 25.5. The Morgan fingerprint density at radius 2 is 1.69 bits per heavy atom. The normalized spacial score (nSPS) is 14.0. The number of hydrogen-bond acceptors (Lipinski definition) is 7. The number of anilines is 1. The van der Waals surface area contributed by atoms with E-state index in [1.807, 2.05) is 49.4 Å². The van der Waals surface area contributed by atoms with Gasteiger partial charge in [0, 0.05) is 16.1 Å². The molecule has 1 aliphatic rings. The first-order chi connectivity index (χ1) is 20.4. The summed E-state index contributed by atoms with van der Waals surface area (Å²) in [6.07, 6.45) is 1.63. The van der Waals surface area contributed by atoms with Crippen LogP contribution in [0.15, 0.2) is 89.8 Å². The molecule has 3 amide bonds. The summed E-state index contributed by atoms with van der Waals surface area (Å²) < 4.78 is 17.3. The Hall–Kier alpha value is -4.47. The molecule has 0 atom stereocenters. The van der Waals surface area contributed by atoms with Crippen LogP contribution in [0.1, 0.15) is 12.5 Å². The minimum absolute atomic E-state index is 0.125. The van der Waals surface area contributed by atoms with E-state index in [-0.39, 0.29) is 36.8 Å². The summed E-state index contributed by atoms with van der Waals surface area (Å²) in [5, 5.41) is 4.97.